The van der Waals surface area contributed by atoms with E-state index in [0.29, 0.717) is 17.7 Å². The Morgan fingerprint density at radius 2 is 1.52 bits per heavy atom. The third-order valence-corrected chi connectivity index (χ3v) is 4.11. The van der Waals surface area contributed by atoms with Crippen LogP contribution in [0.3, 0.4) is 0 Å². The Labute approximate surface area is 171 Å². The molecule has 0 aliphatic carbocycles. The highest BCUT2D eigenvalue weighted by atomic mass is 16.7. The molecule has 0 amide bonds. The molecular formula is C22H28N2O5. The fourth-order valence-corrected chi connectivity index (χ4v) is 2.46. The average molecular weight is 400 g/mol. The molecule has 0 atom stereocenters. The van der Waals surface area contributed by atoms with Gasteiger partial charge in [-0.25, -0.2) is 9.59 Å². The number of rotatable bonds is 6. The number of nitrogens with zero attached hydrogens (tertiary/aromatic N) is 2. The largest absolute Gasteiger partial charge is 0.508 e. The third kappa shape index (κ3) is 7.18. The molecule has 156 valence electrons. The van der Waals surface area contributed by atoms with Gasteiger partial charge >= 0.3 is 12.1 Å². The molecule has 0 N–H and O–H groups in total. The summed E-state index contributed by atoms with van der Waals surface area (Å²) >= 11 is 0. The number of aromatic nitrogens is 2. The first-order valence-electron chi connectivity index (χ1n) is 9.47. The number of carbonyl (C=O) groups excluding carboxylic acids is 2. The van der Waals surface area contributed by atoms with Crippen molar-refractivity contribution in [1.29, 1.82) is 0 Å². The van der Waals surface area contributed by atoms with Crippen LogP contribution in [0, 0.1) is 20.8 Å². The van der Waals surface area contributed by atoms with Crippen molar-refractivity contribution in [3.63, 3.8) is 0 Å². The lowest BCUT2D eigenvalue weighted by Gasteiger charge is -2.19. The second kappa shape index (κ2) is 9.49. The molecule has 1 heterocycles. The molecular weight excluding hydrogens is 372 g/mol. The molecule has 0 radical (unpaired) electrons. The summed E-state index contributed by atoms with van der Waals surface area (Å²) < 4.78 is 15.5. The van der Waals surface area contributed by atoms with Gasteiger partial charge in [-0.05, 0) is 59.2 Å². The van der Waals surface area contributed by atoms with Crippen molar-refractivity contribution in [1.82, 2.24) is 9.97 Å². The first-order chi connectivity index (χ1) is 13.5. The second-order valence-corrected chi connectivity index (χ2v) is 7.76. The molecule has 2 aromatic rings. The molecule has 1 aromatic carbocycles. The molecule has 2 rings (SSSR count). The van der Waals surface area contributed by atoms with Gasteiger partial charge in [-0.1, -0.05) is 12.1 Å². The zero-order valence-corrected chi connectivity index (χ0v) is 17.9. The van der Waals surface area contributed by atoms with Gasteiger partial charge in [0.2, 0.25) is 0 Å². The highest BCUT2D eigenvalue weighted by Crippen LogP contribution is 2.13. The van der Waals surface area contributed by atoms with Crippen molar-refractivity contribution < 1.29 is 23.8 Å². The Bertz CT molecular complexity index is 870. The third-order valence-electron chi connectivity index (χ3n) is 4.11. The van der Waals surface area contributed by atoms with Crippen LogP contribution in [0.25, 0.3) is 0 Å². The summed E-state index contributed by atoms with van der Waals surface area (Å²) in [5.74, 6) is -0.367. The maximum absolute atomic E-state index is 12.0. The number of hydrogen-bond acceptors (Lipinski definition) is 7. The van der Waals surface area contributed by atoms with E-state index in [1.54, 1.807) is 12.1 Å². The normalized spacial score (nSPS) is 11.1. The molecule has 0 unspecified atom stereocenters. The summed E-state index contributed by atoms with van der Waals surface area (Å²) in [6.07, 6.45) is -0.249. The summed E-state index contributed by atoms with van der Waals surface area (Å²) in [5.41, 5.74) is 3.87. The Morgan fingerprint density at radius 3 is 2.14 bits per heavy atom. The number of hydrogen-bond donors (Lipinski definition) is 0. The summed E-state index contributed by atoms with van der Waals surface area (Å²) in [6, 6.07) is 7.01. The van der Waals surface area contributed by atoms with Crippen molar-refractivity contribution >= 4 is 12.1 Å². The van der Waals surface area contributed by atoms with Crippen LogP contribution in [0.1, 0.15) is 59.5 Å². The highest BCUT2D eigenvalue weighted by Gasteiger charge is 2.17. The zero-order chi connectivity index (χ0) is 21.6. The van der Waals surface area contributed by atoms with E-state index in [1.807, 2.05) is 53.7 Å². The lowest BCUT2D eigenvalue weighted by molar-refractivity contribution is 0.00693. The SMILES string of the molecule is Cc1nc(C)c(COC(=O)OCCc2ccc(C(=O)OC(C)(C)C)cc2)nc1C. The van der Waals surface area contributed by atoms with Crippen LogP contribution >= 0.6 is 0 Å². The lowest BCUT2D eigenvalue weighted by Crippen LogP contribution is -2.23. The maximum Gasteiger partial charge on any atom is 0.508 e. The number of benzene rings is 1. The quantitative estimate of drug-likeness (QED) is 0.670. The summed E-state index contributed by atoms with van der Waals surface area (Å²) in [6.45, 7) is 11.2. The van der Waals surface area contributed by atoms with Crippen LogP contribution < -0.4 is 0 Å². The van der Waals surface area contributed by atoms with Crippen LogP contribution in [0.15, 0.2) is 24.3 Å². The van der Waals surface area contributed by atoms with Gasteiger partial charge < -0.3 is 14.2 Å². The Kier molecular flexibility index (Phi) is 7.31. The maximum atomic E-state index is 12.0. The Hall–Kier alpha value is -2.96. The monoisotopic (exact) mass is 400 g/mol. The number of esters is 1. The van der Waals surface area contributed by atoms with E-state index in [0.717, 1.165) is 22.6 Å². The van der Waals surface area contributed by atoms with E-state index in [2.05, 4.69) is 9.97 Å². The van der Waals surface area contributed by atoms with Gasteiger partial charge in [-0.3, -0.25) is 9.97 Å². The lowest BCUT2D eigenvalue weighted by atomic mass is 10.1. The molecule has 0 saturated carbocycles. The van der Waals surface area contributed by atoms with E-state index in [1.165, 1.54) is 0 Å². The van der Waals surface area contributed by atoms with Gasteiger partial charge in [0.1, 0.15) is 12.2 Å². The minimum Gasteiger partial charge on any atom is -0.456 e. The predicted molar refractivity (Wildman–Crippen MR) is 108 cm³/mol. The first-order valence-corrected chi connectivity index (χ1v) is 9.47. The van der Waals surface area contributed by atoms with Gasteiger partial charge in [0.05, 0.1) is 34.9 Å². The van der Waals surface area contributed by atoms with Crippen LogP contribution in [0.2, 0.25) is 0 Å². The minimum atomic E-state index is -0.755. The van der Waals surface area contributed by atoms with Crippen LogP contribution in [0.4, 0.5) is 4.79 Å². The summed E-state index contributed by atoms with van der Waals surface area (Å²) in [5, 5.41) is 0. The van der Waals surface area contributed by atoms with Crippen LogP contribution in [-0.2, 0) is 27.2 Å². The molecule has 0 bridgehead atoms. The van der Waals surface area contributed by atoms with E-state index >= 15 is 0 Å². The fraction of sp³-hybridized carbons (Fsp3) is 0.455. The van der Waals surface area contributed by atoms with Crippen LogP contribution in [0.5, 0.6) is 0 Å². The van der Waals surface area contributed by atoms with Gasteiger partial charge in [0.15, 0.2) is 0 Å². The van der Waals surface area contributed by atoms with Crippen molar-refractivity contribution in [3.8, 4) is 0 Å². The summed E-state index contributed by atoms with van der Waals surface area (Å²) in [4.78, 5) is 32.5. The fourth-order valence-electron chi connectivity index (χ4n) is 2.46. The van der Waals surface area contributed by atoms with E-state index in [4.69, 9.17) is 14.2 Å². The van der Waals surface area contributed by atoms with Crippen molar-refractivity contribution in [2.45, 2.75) is 60.2 Å². The Morgan fingerprint density at radius 1 is 0.897 bits per heavy atom. The van der Waals surface area contributed by atoms with Crippen molar-refractivity contribution in [2.24, 2.45) is 0 Å². The molecule has 1 aromatic heterocycles. The molecule has 7 nitrogen and oxygen atoms in total. The highest BCUT2D eigenvalue weighted by molar-refractivity contribution is 5.89. The molecule has 0 spiro atoms. The zero-order valence-electron chi connectivity index (χ0n) is 17.9. The van der Waals surface area contributed by atoms with Gasteiger partial charge in [0.25, 0.3) is 0 Å². The topological polar surface area (TPSA) is 87.6 Å². The Balaban J connectivity index is 1.77. The predicted octanol–water partition coefficient (Wildman–Crippen LogP) is 4.25. The minimum absolute atomic E-state index is 0.0172. The molecule has 0 aliphatic rings. The summed E-state index contributed by atoms with van der Waals surface area (Å²) in [7, 11) is 0. The standard InChI is InChI=1S/C22H28N2O5/c1-14-15(2)24-19(16(3)23-14)13-28-21(26)27-12-11-17-7-9-18(10-8-17)20(25)29-22(4,5)6/h7-10H,11-13H2,1-6H3. The first kappa shape index (κ1) is 22.3. The van der Waals surface area contributed by atoms with E-state index in [-0.39, 0.29) is 19.2 Å². The average Bonchev–Trinajstić information content (AvgIpc) is 2.63. The number of ether oxygens (including phenoxy) is 3. The molecule has 29 heavy (non-hydrogen) atoms. The van der Waals surface area contributed by atoms with Crippen molar-refractivity contribution in [3.05, 3.63) is 58.2 Å². The number of carbonyl (C=O) groups is 2. The van der Waals surface area contributed by atoms with Crippen molar-refractivity contribution in [2.75, 3.05) is 6.61 Å². The van der Waals surface area contributed by atoms with E-state index in [9.17, 15) is 9.59 Å². The smallest absolute Gasteiger partial charge is 0.456 e. The van der Waals surface area contributed by atoms with E-state index < -0.39 is 11.8 Å². The second-order valence-electron chi connectivity index (χ2n) is 7.76. The molecule has 0 saturated heterocycles. The van der Waals surface area contributed by atoms with Crippen LogP contribution in [-0.4, -0.2) is 34.3 Å². The van der Waals surface area contributed by atoms with Gasteiger partial charge in [0, 0.05) is 6.42 Å². The molecule has 0 aliphatic heterocycles. The number of aryl methyl sites for hydroxylation is 3. The molecule has 7 heteroatoms. The molecule has 0 fully saturated rings. The van der Waals surface area contributed by atoms with Gasteiger partial charge in [-0.2, -0.15) is 0 Å². The van der Waals surface area contributed by atoms with Gasteiger partial charge in [-0.15, -0.1) is 0 Å².